The Kier molecular flexibility index (Phi) is 5.24. The van der Waals surface area contributed by atoms with Crippen LogP contribution in [0.5, 0.6) is 11.5 Å². The summed E-state index contributed by atoms with van der Waals surface area (Å²) in [5.41, 5.74) is 4.61. The Morgan fingerprint density at radius 2 is 1.97 bits per heavy atom. The van der Waals surface area contributed by atoms with E-state index in [-0.39, 0.29) is 24.5 Å². The molecule has 9 nitrogen and oxygen atoms in total. The number of hydrogen-bond donors (Lipinski definition) is 1. The average molecular weight is 512 g/mol. The third-order valence-electron chi connectivity index (χ3n) is 7.41. The van der Waals surface area contributed by atoms with E-state index in [0.29, 0.717) is 58.1 Å². The zero-order valence-corrected chi connectivity index (χ0v) is 20.8. The van der Waals surface area contributed by atoms with Crippen molar-refractivity contribution < 1.29 is 28.3 Å². The van der Waals surface area contributed by atoms with Crippen LogP contribution in [0.3, 0.4) is 0 Å². The first-order chi connectivity index (χ1) is 18.6. The highest BCUT2D eigenvalue weighted by molar-refractivity contribution is 6.28. The number of rotatable bonds is 5. The van der Waals surface area contributed by atoms with Gasteiger partial charge in [0.15, 0.2) is 23.0 Å². The van der Waals surface area contributed by atoms with Crippen molar-refractivity contribution in [1.82, 2.24) is 5.16 Å². The van der Waals surface area contributed by atoms with E-state index in [1.54, 1.807) is 0 Å². The smallest absolute Gasteiger partial charge is 0.310 e. The summed E-state index contributed by atoms with van der Waals surface area (Å²) in [5.74, 6) is 1.37. The monoisotopic (exact) mass is 511 g/mol. The first-order valence-corrected chi connectivity index (χ1v) is 12.8. The third kappa shape index (κ3) is 3.49. The summed E-state index contributed by atoms with van der Waals surface area (Å²) in [4.78, 5) is 28.6. The number of ether oxygens (including phenoxy) is 3. The molecule has 0 unspecified atom stereocenters. The number of fused-ring (bicyclic) bond motifs is 3. The third-order valence-corrected chi connectivity index (χ3v) is 7.41. The van der Waals surface area contributed by atoms with E-state index >= 15 is 0 Å². The minimum Gasteiger partial charge on any atom is -0.466 e. The van der Waals surface area contributed by atoms with Crippen molar-refractivity contribution in [2.24, 2.45) is 5.92 Å². The van der Waals surface area contributed by atoms with Crippen LogP contribution >= 0.6 is 0 Å². The molecule has 0 spiro atoms. The number of aromatic nitrogens is 1. The summed E-state index contributed by atoms with van der Waals surface area (Å²) >= 11 is 0. The molecular formula is C29H25N3O6. The fourth-order valence-electron chi connectivity index (χ4n) is 5.66. The number of esters is 1. The predicted octanol–water partition coefficient (Wildman–Crippen LogP) is 5.29. The van der Waals surface area contributed by atoms with Gasteiger partial charge in [-0.15, -0.1) is 0 Å². The van der Waals surface area contributed by atoms with Crippen LogP contribution in [0.25, 0.3) is 22.2 Å². The standard InChI is InChI=1S/C29H25N3O6/c1-2-35-29(34)16-6-5-11-32(14-16)21-13-20(30-17-9-10-22-23(12-17)37-15-36-22)24-25-26(21)31-38-28(25)19-8-4-3-7-18(19)27(24)33/h3-4,7-10,12-13,16,30H,2,5-6,11,14-15H2,1H3/t16-/m0/s1. The molecule has 7 rings (SSSR count). The Hall–Kier alpha value is -4.53. The summed E-state index contributed by atoms with van der Waals surface area (Å²) < 4.78 is 22.2. The lowest BCUT2D eigenvalue weighted by molar-refractivity contribution is -0.148. The van der Waals surface area contributed by atoms with E-state index in [0.717, 1.165) is 36.3 Å². The topological polar surface area (TPSA) is 103 Å². The van der Waals surface area contributed by atoms with Gasteiger partial charge in [-0.25, -0.2) is 0 Å². The second-order valence-corrected chi connectivity index (χ2v) is 9.66. The van der Waals surface area contributed by atoms with Crippen molar-refractivity contribution in [1.29, 1.82) is 0 Å². The van der Waals surface area contributed by atoms with Gasteiger partial charge >= 0.3 is 5.97 Å². The summed E-state index contributed by atoms with van der Waals surface area (Å²) in [6.07, 6.45) is 1.61. The molecule has 192 valence electrons. The molecule has 4 aromatic rings. The zero-order valence-electron chi connectivity index (χ0n) is 20.8. The molecule has 1 saturated heterocycles. The number of nitrogens with one attached hydrogen (secondary N) is 1. The molecule has 0 bridgehead atoms. The summed E-state index contributed by atoms with van der Waals surface area (Å²) in [7, 11) is 0. The highest BCUT2D eigenvalue weighted by atomic mass is 16.7. The van der Waals surface area contributed by atoms with Crippen molar-refractivity contribution in [2.75, 3.05) is 36.7 Å². The molecule has 2 aliphatic heterocycles. The molecule has 1 atom stereocenters. The zero-order chi connectivity index (χ0) is 25.8. The fraction of sp³-hybridized carbons (Fsp3) is 0.276. The minimum absolute atomic E-state index is 0.0980. The first-order valence-electron chi connectivity index (χ1n) is 12.8. The van der Waals surface area contributed by atoms with E-state index in [9.17, 15) is 9.59 Å². The molecule has 38 heavy (non-hydrogen) atoms. The number of carbonyl (C=O) groups is 2. The Morgan fingerprint density at radius 3 is 2.84 bits per heavy atom. The fourth-order valence-corrected chi connectivity index (χ4v) is 5.66. The number of carbonyl (C=O) groups excluding carboxylic acids is 2. The number of benzene rings is 3. The van der Waals surface area contributed by atoms with Crippen molar-refractivity contribution in [3.05, 3.63) is 59.7 Å². The number of nitrogens with zero attached hydrogens (tertiary/aromatic N) is 2. The van der Waals surface area contributed by atoms with Crippen LogP contribution < -0.4 is 19.7 Å². The Bertz CT molecular complexity index is 1610. The van der Waals surface area contributed by atoms with Crippen LogP contribution in [0.1, 0.15) is 35.7 Å². The maximum atomic E-state index is 13.9. The summed E-state index contributed by atoms with van der Waals surface area (Å²) in [6, 6.07) is 14.9. The van der Waals surface area contributed by atoms with E-state index < -0.39 is 0 Å². The number of anilines is 3. The Labute approximate surface area is 218 Å². The van der Waals surface area contributed by atoms with Gasteiger partial charge in [0.25, 0.3) is 0 Å². The van der Waals surface area contributed by atoms with Gasteiger partial charge in [0.1, 0.15) is 5.52 Å². The highest BCUT2D eigenvalue weighted by Crippen LogP contribution is 2.47. The van der Waals surface area contributed by atoms with E-state index in [4.69, 9.17) is 18.7 Å². The molecule has 3 heterocycles. The second-order valence-electron chi connectivity index (χ2n) is 9.66. The van der Waals surface area contributed by atoms with Crippen LogP contribution in [-0.2, 0) is 9.53 Å². The van der Waals surface area contributed by atoms with Gasteiger partial charge in [0.05, 0.1) is 34.8 Å². The molecule has 9 heteroatoms. The molecule has 3 aliphatic rings. The van der Waals surface area contributed by atoms with Gasteiger partial charge in [0, 0.05) is 36.0 Å². The maximum Gasteiger partial charge on any atom is 0.310 e. The van der Waals surface area contributed by atoms with Crippen LogP contribution in [0.2, 0.25) is 0 Å². The predicted molar refractivity (Wildman–Crippen MR) is 140 cm³/mol. The van der Waals surface area contributed by atoms with E-state index in [1.165, 1.54) is 0 Å². The lowest BCUT2D eigenvalue weighted by Crippen LogP contribution is -2.39. The SMILES string of the molecule is CCOC(=O)[C@H]1CCCN(c2cc(Nc3ccc4c(c3)OCO4)c3c4c(onc24)-c2ccccc2C3=O)C1. The number of piperidine rings is 1. The Morgan fingerprint density at radius 1 is 1.13 bits per heavy atom. The quantitative estimate of drug-likeness (QED) is 0.315. The molecule has 1 N–H and O–H groups in total. The largest absolute Gasteiger partial charge is 0.466 e. The van der Waals surface area contributed by atoms with E-state index in [2.05, 4.69) is 15.4 Å². The van der Waals surface area contributed by atoms with Gasteiger partial charge in [-0.2, -0.15) is 0 Å². The van der Waals surface area contributed by atoms with Gasteiger partial charge < -0.3 is 29.0 Å². The van der Waals surface area contributed by atoms with Crippen LogP contribution in [0, 0.1) is 5.92 Å². The number of hydrogen-bond acceptors (Lipinski definition) is 9. The van der Waals surface area contributed by atoms with Crippen LogP contribution in [0.4, 0.5) is 17.1 Å². The van der Waals surface area contributed by atoms with Gasteiger partial charge in [-0.3, -0.25) is 9.59 Å². The summed E-state index contributed by atoms with van der Waals surface area (Å²) in [5, 5.41) is 8.57. The van der Waals surface area contributed by atoms with Crippen LogP contribution in [-0.4, -0.2) is 43.4 Å². The molecular weight excluding hydrogens is 486 g/mol. The molecule has 1 fully saturated rings. The van der Waals surface area contributed by atoms with Gasteiger partial charge in [-0.1, -0.05) is 29.4 Å². The average Bonchev–Trinajstić information content (AvgIpc) is 3.60. The molecule has 0 amide bonds. The lowest BCUT2D eigenvalue weighted by Gasteiger charge is -2.34. The van der Waals surface area contributed by atoms with Crippen molar-refractivity contribution in [3.8, 4) is 22.8 Å². The van der Waals surface area contributed by atoms with Crippen molar-refractivity contribution >= 4 is 39.7 Å². The second kappa shape index (κ2) is 8.79. The van der Waals surface area contributed by atoms with Crippen molar-refractivity contribution in [2.45, 2.75) is 19.8 Å². The van der Waals surface area contributed by atoms with Gasteiger partial charge in [0.2, 0.25) is 6.79 Å². The Balaban J connectivity index is 1.38. The number of ketones is 1. The van der Waals surface area contributed by atoms with Crippen molar-refractivity contribution in [3.63, 3.8) is 0 Å². The van der Waals surface area contributed by atoms with Gasteiger partial charge in [-0.05, 0) is 38.0 Å². The van der Waals surface area contributed by atoms with Crippen LogP contribution in [0.15, 0.2) is 53.1 Å². The molecule has 1 aliphatic carbocycles. The maximum absolute atomic E-state index is 13.9. The summed E-state index contributed by atoms with van der Waals surface area (Å²) in [6.45, 7) is 3.60. The normalized spacial score (nSPS) is 17.4. The molecule has 1 aromatic heterocycles. The minimum atomic E-state index is -0.231. The highest BCUT2D eigenvalue weighted by Gasteiger charge is 2.35. The molecule has 3 aromatic carbocycles. The van der Waals surface area contributed by atoms with E-state index in [1.807, 2.05) is 55.5 Å². The lowest BCUT2D eigenvalue weighted by atomic mass is 9.86. The molecule has 0 saturated carbocycles. The first kappa shape index (κ1) is 22.7. The molecule has 0 radical (unpaired) electrons.